The third-order valence-electron chi connectivity index (χ3n) is 6.01. The van der Waals surface area contributed by atoms with Crippen molar-refractivity contribution in [3.05, 3.63) is 30.1 Å². The number of nitrogens with zero attached hydrogens (tertiary/aromatic N) is 3. The number of rotatable bonds is 7. The highest BCUT2D eigenvalue weighted by Crippen LogP contribution is 2.17. The van der Waals surface area contributed by atoms with Crippen LogP contribution in [0.5, 0.6) is 0 Å². The van der Waals surface area contributed by atoms with E-state index in [-0.39, 0.29) is 16.6 Å². The number of carbonyl (C=O) groups is 1. The summed E-state index contributed by atoms with van der Waals surface area (Å²) in [7, 11) is -3.38. The molecular formula is C21H32FN3O3S. The Bertz CT molecular complexity index is 777. The van der Waals surface area contributed by atoms with E-state index in [1.807, 2.05) is 4.90 Å². The van der Waals surface area contributed by atoms with E-state index in [9.17, 15) is 17.6 Å². The van der Waals surface area contributed by atoms with E-state index < -0.39 is 15.7 Å². The molecule has 2 aliphatic rings. The molecule has 3 rings (SSSR count). The Kier molecular flexibility index (Phi) is 7.65. The third kappa shape index (κ3) is 6.23. The zero-order chi connectivity index (χ0) is 20.9. The molecule has 0 aliphatic carbocycles. The van der Waals surface area contributed by atoms with Gasteiger partial charge in [0.25, 0.3) is 0 Å². The molecule has 0 spiro atoms. The number of piperidine rings is 1. The van der Waals surface area contributed by atoms with Crippen LogP contribution in [0.3, 0.4) is 0 Å². The molecule has 162 valence electrons. The van der Waals surface area contributed by atoms with Crippen molar-refractivity contribution in [2.45, 2.75) is 43.5 Å². The van der Waals surface area contributed by atoms with Gasteiger partial charge in [0.1, 0.15) is 5.82 Å². The fourth-order valence-corrected chi connectivity index (χ4v) is 5.46. The summed E-state index contributed by atoms with van der Waals surface area (Å²) < 4.78 is 37.7. The lowest BCUT2D eigenvalue weighted by Crippen LogP contribution is -2.52. The van der Waals surface area contributed by atoms with Crippen LogP contribution >= 0.6 is 0 Å². The van der Waals surface area contributed by atoms with Crippen molar-refractivity contribution in [2.75, 3.05) is 51.6 Å². The first-order valence-electron chi connectivity index (χ1n) is 10.6. The van der Waals surface area contributed by atoms with Crippen molar-refractivity contribution in [3.8, 4) is 0 Å². The molecule has 0 bridgehead atoms. The van der Waals surface area contributed by atoms with Gasteiger partial charge in [0.2, 0.25) is 5.91 Å². The van der Waals surface area contributed by atoms with Crippen LogP contribution < -0.4 is 0 Å². The second kappa shape index (κ2) is 10.00. The second-order valence-electron chi connectivity index (χ2n) is 8.18. The molecule has 1 amide bonds. The first kappa shape index (κ1) is 22.2. The number of benzene rings is 1. The molecule has 0 saturated carbocycles. The molecule has 2 heterocycles. The third-order valence-corrected chi connectivity index (χ3v) is 7.82. The van der Waals surface area contributed by atoms with Crippen LogP contribution in [0.25, 0.3) is 0 Å². The maximum absolute atomic E-state index is 13.0. The lowest BCUT2D eigenvalue weighted by atomic mass is 10.0. The average molecular weight is 426 g/mol. The van der Waals surface area contributed by atoms with Crippen LogP contribution in [0.4, 0.5) is 4.39 Å². The predicted molar refractivity (Wildman–Crippen MR) is 111 cm³/mol. The number of hydrogen-bond acceptors (Lipinski definition) is 5. The van der Waals surface area contributed by atoms with Crippen LogP contribution in [0, 0.1) is 5.82 Å². The summed E-state index contributed by atoms with van der Waals surface area (Å²) in [6.45, 7) is 7.57. The second-order valence-corrected chi connectivity index (χ2v) is 10.3. The summed E-state index contributed by atoms with van der Waals surface area (Å²) in [6, 6.07) is 5.35. The zero-order valence-corrected chi connectivity index (χ0v) is 18.0. The Morgan fingerprint density at radius 3 is 2.34 bits per heavy atom. The van der Waals surface area contributed by atoms with E-state index in [1.165, 1.54) is 30.7 Å². The number of halogens is 1. The van der Waals surface area contributed by atoms with E-state index >= 15 is 0 Å². The molecule has 1 atom stereocenters. The van der Waals surface area contributed by atoms with Gasteiger partial charge >= 0.3 is 0 Å². The highest BCUT2D eigenvalue weighted by atomic mass is 32.2. The SMILES string of the molecule is CC1CCCCN1C(=O)CN1CCN(CCCS(=O)(=O)c2ccc(F)cc2)CC1. The van der Waals surface area contributed by atoms with Gasteiger partial charge < -0.3 is 9.80 Å². The molecule has 0 N–H and O–H groups in total. The quantitative estimate of drug-likeness (QED) is 0.626. The Hall–Kier alpha value is -1.51. The fourth-order valence-electron chi connectivity index (χ4n) is 4.16. The van der Waals surface area contributed by atoms with Gasteiger partial charge in [-0.1, -0.05) is 0 Å². The topological polar surface area (TPSA) is 60.9 Å². The molecule has 2 saturated heterocycles. The maximum Gasteiger partial charge on any atom is 0.236 e. The summed E-state index contributed by atoms with van der Waals surface area (Å²) in [5, 5.41) is 0. The van der Waals surface area contributed by atoms with Crippen molar-refractivity contribution in [3.63, 3.8) is 0 Å². The maximum atomic E-state index is 13.0. The highest BCUT2D eigenvalue weighted by molar-refractivity contribution is 7.91. The van der Waals surface area contributed by atoms with Crippen LogP contribution in [-0.4, -0.2) is 86.6 Å². The van der Waals surface area contributed by atoms with Crippen molar-refractivity contribution >= 4 is 15.7 Å². The molecule has 8 heteroatoms. The van der Waals surface area contributed by atoms with Crippen LogP contribution in [0.15, 0.2) is 29.2 Å². The van der Waals surface area contributed by atoms with Gasteiger partial charge in [-0.15, -0.1) is 0 Å². The minimum Gasteiger partial charge on any atom is -0.339 e. The molecule has 1 aromatic rings. The smallest absolute Gasteiger partial charge is 0.236 e. The average Bonchev–Trinajstić information content (AvgIpc) is 2.70. The minimum atomic E-state index is -3.38. The van der Waals surface area contributed by atoms with Crippen LogP contribution in [0.1, 0.15) is 32.6 Å². The first-order valence-corrected chi connectivity index (χ1v) is 12.2. The minimum absolute atomic E-state index is 0.0597. The molecule has 2 fully saturated rings. The Balaban J connectivity index is 1.37. The number of sulfone groups is 1. The zero-order valence-electron chi connectivity index (χ0n) is 17.2. The monoisotopic (exact) mass is 425 g/mol. The van der Waals surface area contributed by atoms with E-state index in [2.05, 4.69) is 16.7 Å². The molecule has 2 aliphatic heterocycles. The van der Waals surface area contributed by atoms with Gasteiger partial charge in [-0.3, -0.25) is 9.69 Å². The highest BCUT2D eigenvalue weighted by Gasteiger charge is 2.26. The number of hydrogen-bond donors (Lipinski definition) is 0. The normalized spacial score (nSPS) is 22.0. The Morgan fingerprint density at radius 2 is 1.69 bits per heavy atom. The molecule has 6 nitrogen and oxygen atoms in total. The van der Waals surface area contributed by atoms with Crippen molar-refractivity contribution in [1.29, 1.82) is 0 Å². The Labute approximate surface area is 173 Å². The molecular weight excluding hydrogens is 393 g/mol. The summed E-state index contributed by atoms with van der Waals surface area (Å²) in [4.78, 5) is 19.2. The predicted octanol–water partition coefficient (Wildman–Crippen LogP) is 2.01. The lowest BCUT2D eigenvalue weighted by Gasteiger charge is -2.38. The standard InChI is InChI=1S/C21H32FN3O3S/c1-18-5-2-3-11-25(18)21(26)17-24-14-12-23(13-15-24)10-4-16-29(27,28)20-8-6-19(22)7-9-20/h6-9,18H,2-5,10-17H2,1H3. The number of carbonyl (C=O) groups excluding carboxylic acids is 1. The largest absolute Gasteiger partial charge is 0.339 e. The van der Waals surface area contributed by atoms with Gasteiger partial charge in [-0.25, -0.2) is 12.8 Å². The van der Waals surface area contributed by atoms with Gasteiger partial charge in [-0.05, 0) is 63.4 Å². The Morgan fingerprint density at radius 1 is 1.03 bits per heavy atom. The first-order chi connectivity index (χ1) is 13.8. The van der Waals surface area contributed by atoms with Crippen LogP contribution in [-0.2, 0) is 14.6 Å². The molecule has 0 aromatic heterocycles. The molecule has 1 aromatic carbocycles. The molecule has 29 heavy (non-hydrogen) atoms. The van der Waals surface area contributed by atoms with E-state index in [0.29, 0.717) is 25.6 Å². The summed E-state index contributed by atoms with van der Waals surface area (Å²) in [6.07, 6.45) is 3.95. The van der Waals surface area contributed by atoms with Gasteiger partial charge in [-0.2, -0.15) is 0 Å². The lowest BCUT2D eigenvalue weighted by molar-refractivity contribution is -0.136. The van der Waals surface area contributed by atoms with E-state index in [4.69, 9.17) is 0 Å². The summed E-state index contributed by atoms with van der Waals surface area (Å²) in [5.41, 5.74) is 0. The van der Waals surface area contributed by atoms with Crippen molar-refractivity contribution in [1.82, 2.24) is 14.7 Å². The van der Waals surface area contributed by atoms with Crippen molar-refractivity contribution in [2.24, 2.45) is 0 Å². The van der Waals surface area contributed by atoms with Gasteiger partial charge in [0.05, 0.1) is 17.2 Å². The van der Waals surface area contributed by atoms with Crippen LogP contribution in [0.2, 0.25) is 0 Å². The number of likely N-dealkylation sites (tertiary alicyclic amines) is 1. The van der Waals surface area contributed by atoms with E-state index in [1.54, 1.807) is 0 Å². The summed E-state index contributed by atoms with van der Waals surface area (Å²) >= 11 is 0. The molecule has 1 unspecified atom stereocenters. The fraction of sp³-hybridized carbons (Fsp3) is 0.667. The van der Waals surface area contributed by atoms with Crippen molar-refractivity contribution < 1.29 is 17.6 Å². The van der Waals surface area contributed by atoms with Gasteiger partial charge in [0, 0.05) is 38.8 Å². The number of piperazine rings is 1. The van der Waals surface area contributed by atoms with Gasteiger partial charge in [0.15, 0.2) is 9.84 Å². The number of amides is 1. The molecule has 0 radical (unpaired) electrons. The van der Waals surface area contributed by atoms with E-state index in [0.717, 1.165) is 45.6 Å². The summed E-state index contributed by atoms with van der Waals surface area (Å²) in [5.74, 6) is -0.143.